The maximum Gasteiger partial charge on any atom is 0.334 e. The van der Waals surface area contributed by atoms with Crippen LogP contribution in [0, 0.1) is 23.2 Å². The lowest BCUT2D eigenvalue weighted by Gasteiger charge is -2.57. The topological polar surface area (TPSA) is 55.8 Å². The normalized spacial score (nSPS) is 40.0. The molecular formula is C23H36O4. The van der Waals surface area contributed by atoms with E-state index < -0.39 is 5.97 Å². The molecule has 27 heavy (non-hydrogen) atoms. The van der Waals surface area contributed by atoms with Crippen LogP contribution in [0.5, 0.6) is 0 Å². The third-order valence-corrected chi connectivity index (χ3v) is 7.99. The third kappa shape index (κ3) is 4.21. The molecule has 0 radical (unpaired) electrons. The largest absolute Gasteiger partial charge is 0.501 e. The lowest BCUT2D eigenvalue weighted by molar-refractivity contribution is -0.154. The molecule has 0 aromatic rings. The molecule has 0 aromatic carbocycles. The minimum Gasteiger partial charge on any atom is -0.501 e. The predicted molar refractivity (Wildman–Crippen MR) is 104 cm³/mol. The molecule has 1 unspecified atom stereocenters. The summed E-state index contributed by atoms with van der Waals surface area (Å²) >= 11 is 0. The van der Waals surface area contributed by atoms with Gasteiger partial charge in [-0.1, -0.05) is 6.92 Å². The van der Waals surface area contributed by atoms with Crippen molar-refractivity contribution in [1.29, 1.82) is 0 Å². The molecule has 0 amide bonds. The Balaban J connectivity index is 1.25. The molecule has 0 aromatic heterocycles. The van der Waals surface area contributed by atoms with Gasteiger partial charge in [-0.15, -0.1) is 0 Å². The molecule has 1 heterocycles. The van der Waals surface area contributed by atoms with Crippen molar-refractivity contribution in [3.05, 3.63) is 11.8 Å². The van der Waals surface area contributed by atoms with Crippen molar-refractivity contribution >= 4 is 5.97 Å². The zero-order valence-corrected chi connectivity index (χ0v) is 16.9. The number of ether oxygens (including phenoxy) is 2. The van der Waals surface area contributed by atoms with Crippen LogP contribution >= 0.6 is 0 Å². The molecule has 4 saturated carbocycles. The zero-order chi connectivity index (χ0) is 18.9. The van der Waals surface area contributed by atoms with Gasteiger partial charge in [-0.05, 0) is 100 Å². The van der Waals surface area contributed by atoms with E-state index >= 15 is 0 Å². The summed E-state index contributed by atoms with van der Waals surface area (Å²) in [4.78, 5) is 11.8. The van der Waals surface area contributed by atoms with Gasteiger partial charge >= 0.3 is 5.97 Å². The first-order chi connectivity index (χ1) is 13.0. The van der Waals surface area contributed by atoms with Gasteiger partial charge in [-0.25, -0.2) is 4.79 Å². The molecule has 152 valence electrons. The summed E-state index contributed by atoms with van der Waals surface area (Å²) in [5.41, 5.74) is 0.863. The second-order valence-corrected chi connectivity index (χ2v) is 10.0. The Hall–Kier alpha value is -1.03. The van der Waals surface area contributed by atoms with Crippen molar-refractivity contribution in [1.82, 2.24) is 0 Å². The highest BCUT2D eigenvalue weighted by atomic mass is 16.5. The minimum absolute atomic E-state index is 0.126. The summed E-state index contributed by atoms with van der Waals surface area (Å²) in [5, 5.41) is 9.69. The highest BCUT2D eigenvalue weighted by molar-refractivity contribution is 5.86. The van der Waals surface area contributed by atoms with Crippen molar-refractivity contribution in [2.75, 3.05) is 13.2 Å². The van der Waals surface area contributed by atoms with Crippen LogP contribution in [-0.4, -0.2) is 29.9 Å². The standard InChI is InChI=1S/C23H36O4/c1-2-23(6-8-27-23)5-3-4-7-26-16-20(21(24)25)15-22-12-17-9-18(13-22)11-19(10-17)14-22/h16-19H,2-15H2,1H3,(H,24,25). The third-order valence-electron chi connectivity index (χ3n) is 7.99. The fraction of sp³-hybridized carbons (Fsp3) is 0.870. The second kappa shape index (κ2) is 7.77. The summed E-state index contributed by atoms with van der Waals surface area (Å²) in [6, 6.07) is 0. The van der Waals surface area contributed by atoms with Gasteiger partial charge in [0.1, 0.15) is 0 Å². The summed E-state index contributed by atoms with van der Waals surface area (Å²) in [6.45, 7) is 3.71. The molecule has 4 aliphatic carbocycles. The molecule has 4 bridgehead atoms. The average molecular weight is 377 g/mol. The fourth-order valence-electron chi connectivity index (χ4n) is 6.91. The molecule has 5 rings (SSSR count). The van der Waals surface area contributed by atoms with Crippen molar-refractivity contribution < 1.29 is 19.4 Å². The number of rotatable bonds is 10. The van der Waals surface area contributed by atoms with E-state index in [2.05, 4.69) is 6.92 Å². The van der Waals surface area contributed by atoms with Crippen molar-refractivity contribution in [2.45, 2.75) is 89.6 Å². The number of hydrogen-bond donors (Lipinski definition) is 1. The van der Waals surface area contributed by atoms with Gasteiger partial charge in [0, 0.05) is 0 Å². The lowest BCUT2D eigenvalue weighted by atomic mass is 9.48. The number of carboxylic acid groups (broad SMARTS) is 1. The number of aliphatic carboxylic acids is 1. The quantitative estimate of drug-likeness (QED) is 0.319. The Morgan fingerprint density at radius 3 is 2.26 bits per heavy atom. The first-order valence-electron chi connectivity index (χ1n) is 11.2. The Bertz CT molecular complexity index is 534. The Kier molecular flexibility index (Phi) is 5.55. The zero-order valence-electron chi connectivity index (χ0n) is 16.9. The van der Waals surface area contributed by atoms with Gasteiger partial charge in [0.15, 0.2) is 0 Å². The molecule has 1 saturated heterocycles. The lowest BCUT2D eigenvalue weighted by Crippen LogP contribution is -2.46. The number of hydrogen-bond acceptors (Lipinski definition) is 3. The van der Waals surface area contributed by atoms with Crippen LogP contribution in [0.15, 0.2) is 11.8 Å². The monoisotopic (exact) mass is 376 g/mol. The van der Waals surface area contributed by atoms with Crippen LogP contribution in [0.4, 0.5) is 0 Å². The van der Waals surface area contributed by atoms with Crippen LogP contribution in [0.3, 0.4) is 0 Å². The SMILES string of the molecule is CCC1(CCCCOC=C(CC23CC4CC(CC(C4)C2)C3)C(=O)O)CCO1. The predicted octanol–water partition coefficient (Wildman–Crippen LogP) is 5.32. The molecule has 1 N–H and O–H groups in total. The Morgan fingerprint density at radius 1 is 1.15 bits per heavy atom. The van der Waals surface area contributed by atoms with E-state index in [-0.39, 0.29) is 11.0 Å². The molecule has 1 atom stereocenters. The fourth-order valence-corrected chi connectivity index (χ4v) is 6.91. The first kappa shape index (κ1) is 19.3. The molecule has 4 heteroatoms. The van der Waals surface area contributed by atoms with Crippen molar-refractivity contribution in [3.63, 3.8) is 0 Å². The highest BCUT2D eigenvalue weighted by Crippen LogP contribution is 2.62. The molecular weight excluding hydrogens is 340 g/mol. The molecule has 5 fully saturated rings. The maximum absolute atomic E-state index is 11.8. The Labute approximate surface area is 163 Å². The van der Waals surface area contributed by atoms with Crippen LogP contribution in [-0.2, 0) is 14.3 Å². The van der Waals surface area contributed by atoms with E-state index in [1.54, 1.807) is 6.26 Å². The van der Waals surface area contributed by atoms with Crippen molar-refractivity contribution in [2.24, 2.45) is 23.2 Å². The van der Waals surface area contributed by atoms with Crippen LogP contribution in [0.1, 0.15) is 84.0 Å². The minimum atomic E-state index is -0.793. The summed E-state index contributed by atoms with van der Waals surface area (Å²) < 4.78 is 11.4. The first-order valence-corrected chi connectivity index (χ1v) is 11.2. The van der Waals surface area contributed by atoms with E-state index in [1.165, 1.54) is 44.9 Å². The Morgan fingerprint density at radius 2 is 1.78 bits per heavy atom. The van der Waals surface area contributed by atoms with E-state index in [0.29, 0.717) is 18.6 Å². The van der Waals surface area contributed by atoms with Crippen LogP contribution in [0.25, 0.3) is 0 Å². The molecule has 1 aliphatic heterocycles. The van der Waals surface area contributed by atoms with Gasteiger partial charge < -0.3 is 14.6 Å². The van der Waals surface area contributed by atoms with Gasteiger partial charge in [0.25, 0.3) is 0 Å². The maximum atomic E-state index is 11.8. The van der Waals surface area contributed by atoms with Gasteiger partial charge in [0.2, 0.25) is 0 Å². The van der Waals surface area contributed by atoms with E-state index in [4.69, 9.17) is 9.47 Å². The molecule has 4 nitrogen and oxygen atoms in total. The van der Waals surface area contributed by atoms with E-state index in [1.807, 2.05) is 0 Å². The summed E-state index contributed by atoms with van der Waals surface area (Å²) in [6.07, 6.45) is 15.6. The van der Waals surface area contributed by atoms with Gasteiger partial charge in [0.05, 0.1) is 30.6 Å². The summed E-state index contributed by atoms with van der Waals surface area (Å²) in [7, 11) is 0. The average Bonchev–Trinajstić information content (AvgIpc) is 2.57. The summed E-state index contributed by atoms with van der Waals surface area (Å²) in [5.74, 6) is 1.77. The molecule has 0 spiro atoms. The smallest absolute Gasteiger partial charge is 0.334 e. The van der Waals surface area contributed by atoms with Crippen molar-refractivity contribution in [3.8, 4) is 0 Å². The van der Waals surface area contributed by atoms with Crippen LogP contribution in [0.2, 0.25) is 0 Å². The van der Waals surface area contributed by atoms with Gasteiger partial charge in [-0.2, -0.15) is 0 Å². The molecule has 5 aliphatic rings. The second-order valence-electron chi connectivity index (χ2n) is 10.0. The van der Waals surface area contributed by atoms with E-state index in [9.17, 15) is 9.90 Å². The van der Waals surface area contributed by atoms with Crippen LogP contribution < -0.4 is 0 Å². The van der Waals surface area contributed by atoms with E-state index in [0.717, 1.165) is 50.0 Å². The van der Waals surface area contributed by atoms with Gasteiger partial charge in [-0.3, -0.25) is 0 Å². The number of carbonyl (C=O) groups is 1. The highest BCUT2D eigenvalue weighted by Gasteiger charge is 2.51. The number of unbranched alkanes of at least 4 members (excludes halogenated alkanes) is 1. The number of carboxylic acids is 1.